The highest BCUT2D eigenvalue weighted by Crippen LogP contribution is 2.32. The number of hydrogen-bond donors (Lipinski definition) is 1. The Hall–Kier alpha value is -0.900. The second-order valence-corrected chi connectivity index (χ2v) is 5.54. The van der Waals surface area contributed by atoms with Crippen molar-refractivity contribution in [3.05, 3.63) is 57.8 Å². The first-order valence-electron chi connectivity index (χ1n) is 5.18. The van der Waals surface area contributed by atoms with Gasteiger partial charge < -0.3 is 5.73 Å². The maximum absolute atomic E-state index is 13.3. The minimum absolute atomic E-state index is 0.148. The van der Waals surface area contributed by atoms with E-state index in [9.17, 15) is 4.39 Å². The molecule has 18 heavy (non-hydrogen) atoms. The van der Waals surface area contributed by atoms with Crippen molar-refractivity contribution in [1.82, 2.24) is 0 Å². The minimum Gasteiger partial charge on any atom is -0.396 e. The molecule has 0 heterocycles. The summed E-state index contributed by atoms with van der Waals surface area (Å²) in [6.07, 6.45) is 0. The number of anilines is 1. The lowest BCUT2D eigenvalue weighted by Gasteiger charge is -2.07. The molecule has 0 saturated carbocycles. The maximum Gasteiger partial charge on any atom is 0.147 e. The molecule has 0 aliphatic rings. The number of thioether (sulfide) groups is 1. The van der Waals surface area contributed by atoms with E-state index in [0.717, 1.165) is 10.5 Å². The highest BCUT2D eigenvalue weighted by molar-refractivity contribution is 7.98. The Bertz CT molecular complexity index is 555. The molecular formula is C13H10Cl2FNS. The van der Waals surface area contributed by atoms with Crippen molar-refractivity contribution in [1.29, 1.82) is 0 Å². The van der Waals surface area contributed by atoms with Gasteiger partial charge in [-0.15, -0.1) is 11.8 Å². The van der Waals surface area contributed by atoms with Gasteiger partial charge in [-0.1, -0.05) is 29.3 Å². The van der Waals surface area contributed by atoms with Gasteiger partial charge in [0.25, 0.3) is 0 Å². The van der Waals surface area contributed by atoms with Crippen molar-refractivity contribution in [3.63, 3.8) is 0 Å². The highest BCUT2D eigenvalue weighted by atomic mass is 35.5. The zero-order chi connectivity index (χ0) is 13.1. The SMILES string of the molecule is Nc1ccc(SCc2c(Cl)cccc2Cl)cc1F. The van der Waals surface area contributed by atoms with Crippen LogP contribution in [0.3, 0.4) is 0 Å². The summed E-state index contributed by atoms with van der Waals surface area (Å²) in [5.41, 5.74) is 6.42. The fourth-order valence-electron chi connectivity index (χ4n) is 1.42. The van der Waals surface area contributed by atoms with Crippen molar-refractivity contribution in [3.8, 4) is 0 Å². The summed E-state index contributed by atoms with van der Waals surface area (Å²) in [6, 6.07) is 10.1. The second-order valence-electron chi connectivity index (χ2n) is 3.67. The Morgan fingerprint density at radius 2 is 1.78 bits per heavy atom. The first-order valence-corrected chi connectivity index (χ1v) is 6.93. The number of nitrogen functional groups attached to an aromatic ring is 1. The lowest BCUT2D eigenvalue weighted by Crippen LogP contribution is -1.90. The highest BCUT2D eigenvalue weighted by Gasteiger charge is 2.07. The fraction of sp³-hybridized carbons (Fsp3) is 0.0769. The van der Waals surface area contributed by atoms with Gasteiger partial charge in [-0.2, -0.15) is 0 Å². The van der Waals surface area contributed by atoms with Gasteiger partial charge in [-0.3, -0.25) is 0 Å². The smallest absolute Gasteiger partial charge is 0.147 e. The molecule has 0 bridgehead atoms. The van der Waals surface area contributed by atoms with Crippen LogP contribution in [0.2, 0.25) is 10.0 Å². The lowest BCUT2D eigenvalue weighted by atomic mass is 10.2. The Labute approximate surface area is 119 Å². The minimum atomic E-state index is -0.412. The summed E-state index contributed by atoms with van der Waals surface area (Å²) in [6.45, 7) is 0. The van der Waals surface area contributed by atoms with Crippen LogP contribution in [0.15, 0.2) is 41.3 Å². The van der Waals surface area contributed by atoms with Crippen LogP contribution in [0.4, 0.5) is 10.1 Å². The molecule has 2 aromatic carbocycles. The molecule has 0 amide bonds. The predicted molar refractivity (Wildman–Crippen MR) is 76.8 cm³/mol. The van der Waals surface area contributed by atoms with Crippen molar-refractivity contribution < 1.29 is 4.39 Å². The molecular weight excluding hydrogens is 292 g/mol. The number of hydrogen-bond acceptors (Lipinski definition) is 2. The van der Waals surface area contributed by atoms with E-state index in [1.165, 1.54) is 17.8 Å². The summed E-state index contributed by atoms with van der Waals surface area (Å²) in [5.74, 6) is 0.173. The summed E-state index contributed by atoms with van der Waals surface area (Å²) >= 11 is 13.6. The van der Waals surface area contributed by atoms with Crippen LogP contribution in [0.1, 0.15) is 5.56 Å². The quantitative estimate of drug-likeness (QED) is 0.637. The van der Waals surface area contributed by atoms with E-state index in [2.05, 4.69) is 0 Å². The third kappa shape index (κ3) is 3.10. The van der Waals surface area contributed by atoms with Gasteiger partial charge in [0.15, 0.2) is 0 Å². The Balaban J connectivity index is 2.14. The average Bonchev–Trinajstić information content (AvgIpc) is 2.33. The van der Waals surface area contributed by atoms with Crippen molar-refractivity contribution in [2.75, 3.05) is 5.73 Å². The van der Waals surface area contributed by atoms with Gasteiger partial charge >= 0.3 is 0 Å². The standard InChI is InChI=1S/C13H10Cl2FNS/c14-10-2-1-3-11(15)9(10)7-18-8-4-5-13(17)12(16)6-8/h1-6H,7,17H2. The van der Waals surface area contributed by atoms with Gasteiger partial charge in [0, 0.05) is 20.7 Å². The van der Waals surface area contributed by atoms with Crippen LogP contribution in [-0.2, 0) is 5.75 Å². The first kappa shape index (κ1) is 13.5. The molecule has 5 heteroatoms. The molecule has 0 unspecified atom stereocenters. The molecule has 2 aromatic rings. The van der Waals surface area contributed by atoms with E-state index in [0.29, 0.717) is 15.8 Å². The summed E-state index contributed by atoms with van der Waals surface area (Å²) in [4.78, 5) is 0.790. The van der Waals surface area contributed by atoms with Gasteiger partial charge in [0.1, 0.15) is 5.82 Å². The van der Waals surface area contributed by atoms with E-state index < -0.39 is 5.82 Å². The molecule has 1 nitrogen and oxygen atoms in total. The van der Waals surface area contributed by atoms with Gasteiger partial charge in [-0.25, -0.2) is 4.39 Å². The average molecular weight is 302 g/mol. The second kappa shape index (κ2) is 5.83. The number of nitrogens with two attached hydrogens (primary N) is 1. The topological polar surface area (TPSA) is 26.0 Å². The molecule has 0 fully saturated rings. The number of halogens is 3. The normalized spacial score (nSPS) is 10.6. The third-order valence-electron chi connectivity index (χ3n) is 2.42. The summed E-state index contributed by atoms with van der Waals surface area (Å²) in [7, 11) is 0. The largest absolute Gasteiger partial charge is 0.396 e. The van der Waals surface area contributed by atoms with E-state index in [4.69, 9.17) is 28.9 Å². The molecule has 0 spiro atoms. The lowest BCUT2D eigenvalue weighted by molar-refractivity contribution is 0.629. The van der Waals surface area contributed by atoms with Crippen LogP contribution in [0.25, 0.3) is 0 Å². The van der Waals surface area contributed by atoms with Gasteiger partial charge in [0.2, 0.25) is 0 Å². The number of rotatable bonds is 3. The Morgan fingerprint density at radius 3 is 2.39 bits per heavy atom. The molecule has 94 valence electrons. The van der Waals surface area contributed by atoms with Gasteiger partial charge in [-0.05, 0) is 35.9 Å². The van der Waals surface area contributed by atoms with Crippen LogP contribution in [-0.4, -0.2) is 0 Å². The molecule has 0 atom stereocenters. The monoisotopic (exact) mass is 301 g/mol. The van der Waals surface area contributed by atoms with E-state index >= 15 is 0 Å². The van der Waals surface area contributed by atoms with Crippen LogP contribution < -0.4 is 5.73 Å². The van der Waals surface area contributed by atoms with Crippen molar-refractivity contribution in [2.24, 2.45) is 0 Å². The molecule has 0 saturated heterocycles. The molecule has 2 rings (SSSR count). The fourth-order valence-corrected chi connectivity index (χ4v) is 3.09. The van der Waals surface area contributed by atoms with E-state index in [1.54, 1.807) is 30.3 Å². The molecule has 2 N–H and O–H groups in total. The Morgan fingerprint density at radius 1 is 1.11 bits per heavy atom. The summed E-state index contributed by atoms with van der Waals surface area (Å²) in [5, 5.41) is 1.23. The number of benzene rings is 2. The van der Waals surface area contributed by atoms with Crippen LogP contribution in [0.5, 0.6) is 0 Å². The summed E-state index contributed by atoms with van der Waals surface area (Å²) < 4.78 is 13.3. The maximum atomic E-state index is 13.3. The molecule has 0 aliphatic carbocycles. The molecule has 0 aromatic heterocycles. The Kier molecular flexibility index (Phi) is 4.38. The molecule has 0 radical (unpaired) electrons. The van der Waals surface area contributed by atoms with Crippen LogP contribution in [0, 0.1) is 5.82 Å². The first-order chi connectivity index (χ1) is 8.58. The van der Waals surface area contributed by atoms with E-state index in [-0.39, 0.29) is 5.69 Å². The van der Waals surface area contributed by atoms with E-state index in [1.807, 2.05) is 0 Å². The van der Waals surface area contributed by atoms with Crippen LogP contribution >= 0.6 is 35.0 Å². The predicted octanol–water partition coefficient (Wildman–Crippen LogP) is 5.01. The van der Waals surface area contributed by atoms with Crippen molar-refractivity contribution >= 4 is 40.7 Å². The van der Waals surface area contributed by atoms with Gasteiger partial charge in [0.05, 0.1) is 5.69 Å². The zero-order valence-corrected chi connectivity index (χ0v) is 11.6. The third-order valence-corrected chi connectivity index (χ3v) is 4.15. The zero-order valence-electron chi connectivity index (χ0n) is 9.29. The van der Waals surface area contributed by atoms with Crippen molar-refractivity contribution in [2.45, 2.75) is 10.6 Å². The molecule has 0 aliphatic heterocycles.